The molecule has 2 rings (SSSR count). The van der Waals surface area contributed by atoms with Crippen LogP contribution in [-0.4, -0.2) is 6.10 Å². The normalized spacial score (nSPS) is 12.4. The third-order valence-corrected chi connectivity index (χ3v) is 3.13. The molecule has 0 bridgehead atoms. The number of ether oxygens (including phenoxy) is 1. The van der Waals surface area contributed by atoms with Crippen molar-refractivity contribution < 1.29 is 4.74 Å². The summed E-state index contributed by atoms with van der Waals surface area (Å²) in [4.78, 5) is 0. The Bertz CT molecular complexity index is 566. The molecule has 2 aromatic carbocycles. The molecule has 3 N–H and O–H groups in total. The predicted octanol–water partition coefficient (Wildman–Crippen LogP) is 3.33. The number of nitrogens with two attached hydrogens (primary N) is 1. The van der Waals surface area contributed by atoms with E-state index >= 15 is 0 Å². The second kappa shape index (κ2) is 6.55. The van der Waals surface area contributed by atoms with Gasteiger partial charge in [0, 0.05) is 5.56 Å². The lowest BCUT2D eigenvalue weighted by molar-refractivity contribution is 0.238. The Morgan fingerprint density at radius 3 is 2.45 bits per heavy atom. The average Bonchev–Trinajstić information content (AvgIpc) is 2.41. The van der Waals surface area contributed by atoms with Gasteiger partial charge in [0.2, 0.25) is 0 Å². The Labute approximate surface area is 120 Å². The van der Waals surface area contributed by atoms with Gasteiger partial charge in [-0.15, -0.1) is 0 Å². The molecule has 20 heavy (non-hydrogen) atoms. The molecule has 3 nitrogen and oxygen atoms in total. The molecule has 0 aliphatic carbocycles. The lowest BCUT2D eigenvalue weighted by atomic mass is 9.97. The van der Waals surface area contributed by atoms with E-state index in [9.17, 15) is 0 Å². The maximum absolute atomic E-state index is 5.88. The molecule has 106 valence electrons. The number of hydrogen-bond acceptors (Lipinski definition) is 3. The number of rotatable bonds is 5. The summed E-state index contributed by atoms with van der Waals surface area (Å²) < 4.78 is 5.88. The molecule has 0 fully saturated rings. The lowest BCUT2D eigenvalue weighted by Crippen LogP contribution is -2.29. The summed E-state index contributed by atoms with van der Waals surface area (Å²) in [7, 11) is 0. The minimum Gasteiger partial charge on any atom is -0.491 e. The standard InChI is InChI=1S/C17H22N2O/c1-12(2)20-16-10-5-4-9-15(16)17(19-18)14-8-6-7-13(3)11-14/h4-12,17,19H,18H2,1-3H3. The Balaban J connectivity index is 2.41. The fourth-order valence-corrected chi connectivity index (χ4v) is 2.30. The van der Waals surface area contributed by atoms with Gasteiger partial charge in [-0.25, -0.2) is 5.43 Å². The van der Waals surface area contributed by atoms with Crippen molar-refractivity contribution in [2.75, 3.05) is 0 Å². The van der Waals surface area contributed by atoms with Crippen molar-refractivity contribution in [3.05, 3.63) is 65.2 Å². The van der Waals surface area contributed by atoms with Gasteiger partial charge in [0.1, 0.15) is 5.75 Å². The molecule has 3 heteroatoms. The maximum Gasteiger partial charge on any atom is 0.124 e. The van der Waals surface area contributed by atoms with Crippen molar-refractivity contribution in [3.8, 4) is 5.75 Å². The first-order valence-electron chi connectivity index (χ1n) is 6.90. The summed E-state index contributed by atoms with van der Waals surface area (Å²) in [5.41, 5.74) is 6.29. The Hall–Kier alpha value is -1.84. The molecule has 0 heterocycles. The van der Waals surface area contributed by atoms with E-state index in [1.165, 1.54) is 5.56 Å². The summed E-state index contributed by atoms with van der Waals surface area (Å²) in [5.74, 6) is 6.65. The number of aryl methyl sites for hydroxylation is 1. The van der Waals surface area contributed by atoms with E-state index in [-0.39, 0.29) is 12.1 Å². The molecule has 0 aliphatic heterocycles. The fourth-order valence-electron chi connectivity index (χ4n) is 2.30. The summed E-state index contributed by atoms with van der Waals surface area (Å²) in [6.07, 6.45) is 0.132. The minimum absolute atomic E-state index is 0.0788. The van der Waals surface area contributed by atoms with Crippen LogP contribution in [0.3, 0.4) is 0 Å². The van der Waals surface area contributed by atoms with Crippen molar-refractivity contribution >= 4 is 0 Å². The van der Waals surface area contributed by atoms with Gasteiger partial charge < -0.3 is 4.74 Å². The van der Waals surface area contributed by atoms with Gasteiger partial charge >= 0.3 is 0 Å². The van der Waals surface area contributed by atoms with E-state index in [0.717, 1.165) is 16.9 Å². The number of benzene rings is 2. The van der Waals surface area contributed by atoms with Crippen LogP contribution in [0.25, 0.3) is 0 Å². The summed E-state index contributed by atoms with van der Waals surface area (Å²) in [5, 5.41) is 0. The molecular weight excluding hydrogens is 248 g/mol. The molecule has 1 atom stereocenters. The zero-order valence-corrected chi connectivity index (χ0v) is 12.3. The lowest BCUT2D eigenvalue weighted by Gasteiger charge is -2.22. The molecule has 0 spiro atoms. The van der Waals surface area contributed by atoms with Crippen molar-refractivity contribution in [2.45, 2.75) is 32.9 Å². The Morgan fingerprint density at radius 2 is 1.80 bits per heavy atom. The number of nitrogens with one attached hydrogen (secondary N) is 1. The third kappa shape index (κ3) is 3.38. The molecule has 0 radical (unpaired) electrons. The molecule has 0 aromatic heterocycles. The second-order valence-corrected chi connectivity index (χ2v) is 5.22. The first-order valence-corrected chi connectivity index (χ1v) is 6.90. The fraction of sp³-hybridized carbons (Fsp3) is 0.294. The molecule has 2 aromatic rings. The van der Waals surface area contributed by atoms with Crippen molar-refractivity contribution in [2.24, 2.45) is 5.84 Å². The predicted molar refractivity (Wildman–Crippen MR) is 82.6 cm³/mol. The molecule has 0 amide bonds. The zero-order valence-electron chi connectivity index (χ0n) is 12.3. The van der Waals surface area contributed by atoms with Gasteiger partial charge in [-0.05, 0) is 32.4 Å². The highest BCUT2D eigenvalue weighted by Gasteiger charge is 2.17. The van der Waals surface area contributed by atoms with Gasteiger partial charge in [0.05, 0.1) is 12.1 Å². The molecule has 0 saturated carbocycles. The Morgan fingerprint density at radius 1 is 1.05 bits per heavy atom. The van der Waals surface area contributed by atoms with Crippen LogP contribution in [0, 0.1) is 6.92 Å². The first kappa shape index (κ1) is 14.6. The third-order valence-electron chi connectivity index (χ3n) is 3.13. The van der Waals surface area contributed by atoms with E-state index in [1.807, 2.05) is 44.2 Å². The highest BCUT2D eigenvalue weighted by Crippen LogP contribution is 2.30. The van der Waals surface area contributed by atoms with Crippen molar-refractivity contribution in [3.63, 3.8) is 0 Å². The highest BCUT2D eigenvalue weighted by atomic mass is 16.5. The second-order valence-electron chi connectivity index (χ2n) is 5.22. The van der Waals surface area contributed by atoms with Gasteiger partial charge in [-0.1, -0.05) is 48.0 Å². The minimum atomic E-state index is -0.0788. The molecule has 1 unspecified atom stereocenters. The van der Waals surface area contributed by atoms with Gasteiger partial charge in [-0.2, -0.15) is 0 Å². The molecule has 0 aliphatic rings. The quantitative estimate of drug-likeness (QED) is 0.647. The molecule has 0 saturated heterocycles. The maximum atomic E-state index is 5.88. The van der Waals surface area contributed by atoms with E-state index in [1.54, 1.807) is 0 Å². The van der Waals surface area contributed by atoms with Crippen LogP contribution >= 0.6 is 0 Å². The Kier molecular flexibility index (Phi) is 4.77. The average molecular weight is 270 g/mol. The van der Waals surface area contributed by atoms with E-state index in [2.05, 4.69) is 30.5 Å². The van der Waals surface area contributed by atoms with Gasteiger partial charge in [-0.3, -0.25) is 5.84 Å². The summed E-state index contributed by atoms with van der Waals surface area (Å²) in [6, 6.07) is 16.3. The van der Waals surface area contributed by atoms with Gasteiger partial charge in [0.15, 0.2) is 0 Å². The van der Waals surface area contributed by atoms with E-state index in [0.29, 0.717) is 0 Å². The van der Waals surface area contributed by atoms with Crippen LogP contribution in [0.1, 0.15) is 36.6 Å². The summed E-state index contributed by atoms with van der Waals surface area (Å²) >= 11 is 0. The smallest absolute Gasteiger partial charge is 0.124 e. The van der Waals surface area contributed by atoms with Crippen LogP contribution in [0.2, 0.25) is 0 Å². The van der Waals surface area contributed by atoms with Crippen LogP contribution in [0.4, 0.5) is 0 Å². The molecular formula is C17H22N2O. The van der Waals surface area contributed by atoms with Crippen LogP contribution < -0.4 is 16.0 Å². The zero-order chi connectivity index (χ0) is 14.5. The van der Waals surface area contributed by atoms with Crippen LogP contribution in [0.15, 0.2) is 48.5 Å². The van der Waals surface area contributed by atoms with E-state index < -0.39 is 0 Å². The van der Waals surface area contributed by atoms with Gasteiger partial charge in [0.25, 0.3) is 0 Å². The van der Waals surface area contributed by atoms with Crippen molar-refractivity contribution in [1.29, 1.82) is 0 Å². The topological polar surface area (TPSA) is 47.3 Å². The largest absolute Gasteiger partial charge is 0.491 e. The number of hydrazine groups is 1. The number of hydrogen-bond donors (Lipinski definition) is 2. The van der Waals surface area contributed by atoms with Crippen LogP contribution in [0.5, 0.6) is 5.75 Å². The highest BCUT2D eigenvalue weighted by molar-refractivity contribution is 5.42. The first-order chi connectivity index (χ1) is 9.61. The van der Waals surface area contributed by atoms with Crippen molar-refractivity contribution in [1.82, 2.24) is 5.43 Å². The SMILES string of the molecule is Cc1cccc(C(NN)c2ccccc2OC(C)C)c1. The number of para-hydroxylation sites is 1. The summed E-state index contributed by atoms with van der Waals surface area (Å²) in [6.45, 7) is 6.12. The monoisotopic (exact) mass is 270 g/mol. The van der Waals surface area contributed by atoms with Crippen LogP contribution in [-0.2, 0) is 0 Å². The van der Waals surface area contributed by atoms with E-state index in [4.69, 9.17) is 10.6 Å².